The van der Waals surface area contributed by atoms with Crippen LogP contribution < -0.4 is 28.4 Å². The van der Waals surface area contributed by atoms with Gasteiger partial charge in [0, 0.05) is 6.08 Å². The number of ether oxygens (including phenoxy) is 7. The molecule has 3 aliphatic carbocycles. The number of esters is 6. The molecule has 3 fully saturated rings. The third kappa shape index (κ3) is 20.6. The van der Waals surface area contributed by atoms with E-state index >= 15 is 0 Å². The summed E-state index contributed by atoms with van der Waals surface area (Å²) < 4.78 is 39.8. The average Bonchev–Trinajstić information content (AvgIpc) is 1.97. The molecule has 0 N–H and O–H groups in total. The number of allylic oxidation sites excluding steroid dienone is 1. The number of fused-ring (bicyclic) bond motifs is 1. The molecule has 2 atom stereocenters. The van der Waals surface area contributed by atoms with E-state index in [1.807, 2.05) is 64.1 Å². The van der Waals surface area contributed by atoms with E-state index in [2.05, 4.69) is 11.8 Å². The van der Waals surface area contributed by atoms with Gasteiger partial charge in [-0.25, -0.2) is 14.9 Å². The zero-order valence-corrected chi connectivity index (χ0v) is 52.4. The highest BCUT2D eigenvalue weighted by Crippen LogP contribution is 2.59. The largest absolute Gasteiger partial charge is 0.494 e. The first-order valence-corrected chi connectivity index (χ1v) is 32.7. The van der Waals surface area contributed by atoms with E-state index in [1.54, 1.807) is 66.7 Å². The fourth-order valence-corrected chi connectivity index (χ4v) is 13.5. The molecule has 15 nitrogen and oxygen atoms in total. The molecule has 0 saturated heterocycles. The highest BCUT2D eigenvalue weighted by molar-refractivity contribution is 8.24. The smallest absolute Gasteiger partial charge is 0.336 e. The Morgan fingerprint density at radius 3 is 1.53 bits per heavy atom. The van der Waals surface area contributed by atoms with Crippen molar-refractivity contribution in [1.29, 1.82) is 5.26 Å². The maximum atomic E-state index is 13.6. The van der Waals surface area contributed by atoms with Gasteiger partial charge in [0.2, 0.25) is 0 Å². The Morgan fingerprint density at radius 1 is 0.563 bits per heavy atom. The van der Waals surface area contributed by atoms with E-state index in [9.17, 15) is 34.0 Å². The van der Waals surface area contributed by atoms with Gasteiger partial charge < -0.3 is 33.2 Å². The van der Waals surface area contributed by atoms with Crippen molar-refractivity contribution in [2.24, 2.45) is 47.3 Å². The van der Waals surface area contributed by atoms with Crippen LogP contribution in [0.5, 0.6) is 34.5 Å². The molecule has 4 aromatic rings. The van der Waals surface area contributed by atoms with Crippen molar-refractivity contribution in [2.45, 2.75) is 166 Å². The number of carbonyl (C=O) groups excluding carboxylic acids is 6. The molecule has 1 heterocycles. The van der Waals surface area contributed by atoms with Crippen molar-refractivity contribution in [3.8, 4) is 40.6 Å². The molecule has 4 aliphatic rings. The molecular weight excluding hydrogens is 1140 g/mol. The van der Waals surface area contributed by atoms with E-state index in [0.717, 1.165) is 81.6 Å². The summed E-state index contributed by atoms with van der Waals surface area (Å²) in [5.41, 5.74) is 0.843. The lowest BCUT2D eigenvalue weighted by molar-refractivity contribution is -0.148. The van der Waals surface area contributed by atoms with Crippen molar-refractivity contribution in [3.05, 3.63) is 124 Å². The standard InChI is InChI=1S/C50H62N2O9S2.C20H20O4/c1-5-32(3)46(53)58-30-10-8-7-9-29-57-39-23-25-40(26-24-39)59-47(54)36-19-21-38(22-20-36)49(56)61-43-28-27-42(44-45(43)63-50(62-44)41(31-51)52-4)60-48(55)37-17-15-35(16-18-37)34-13-11-33(6-2)12-14-34;1-3-15(2)20(22)24-18-12-10-17(11-13-18)23-19(21)14-9-16-7-5-4-6-8-16/h23-28,32-38H,5-22,29-30H2,1-3H3;4-15H,3H2,1-2H3/b50-41-;14-9+. The number of hydrogen-bond acceptors (Lipinski definition) is 16. The molecule has 17 heteroatoms. The van der Waals surface area contributed by atoms with E-state index < -0.39 is 17.9 Å². The van der Waals surface area contributed by atoms with Crippen LogP contribution in [0.15, 0.2) is 117 Å². The molecular formula is C70H82N2O13S2. The molecule has 0 spiro atoms. The van der Waals surface area contributed by atoms with Crippen LogP contribution in [0.1, 0.15) is 162 Å². The number of hydrogen-bond donors (Lipinski definition) is 0. The number of unbranched alkanes of at least 4 members (excludes halogenated alkanes) is 3. The molecule has 87 heavy (non-hydrogen) atoms. The minimum Gasteiger partial charge on any atom is -0.494 e. The zero-order valence-electron chi connectivity index (χ0n) is 50.8. The number of nitrogens with zero attached hydrogens (tertiary/aromatic N) is 2. The monoisotopic (exact) mass is 1220 g/mol. The van der Waals surface area contributed by atoms with Crippen LogP contribution in [0.2, 0.25) is 0 Å². The van der Waals surface area contributed by atoms with Gasteiger partial charge in [-0.3, -0.25) is 24.0 Å². The topological polar surface area (TPSA) is 195 Å². The quantitative estimate of drug-likeness (QED) is 0.0160. The van der Waals surface area contributed by atoms with Gasteiger partial charge in [0.1, 0.15) is 34.5 Å². The van der Waals surface area contributed by atoms with Gasteiger partial charge >= 0.3 is 35.8 Å². The molecule has 4 aromatic carbocycles. The molecule has 0 radical (unpaired) electrons. The van der Waals surface area contributed by atoms with Crippen LogP contribution in [0, 0.1) is 65.2 Å². The SMILES string of the molecule is CCC(C)C(=O)Oc1ccc(OC(=O)/C=C/c2ccccc2)cc1.[C-]#[N+]/C(C#N)=C1\Sc2c(OC(=O)C3CCC(C(=O)Oc4ccc(OCCCCCCOC(=O)C(C)CC)cc4)CC3)ccc(OC(=O)C3CCC(C4CCC(CC)CC4)CC3)c2S1. The second-order valence-electron chi connectivity index (χ2n) is 23.0. The van der Waals surface area contributed by atoms with Crippen molar-refractivity contribution >= 4 is 65.4 Å². The summed E-state index contributed by atoms with van der Waals surface area (Å²) in [5, 5.41) is 9.65. The predicted octanol–water partition coefficient (Wildman–Crippen LogP) is 16.5. The van der Waals surface area contributed by atoms with Crippen molar-refractivity contribution in [3.63, 3.8) is 0 Å². The number of nitriles is 1. The molecule has 0 bridgehead atoms. The number of thioether (sulfide) groups is 2. The van der Waals surface area contributed by atoms with E-state index in [1.165, 1.54) is 61.7 Å². The maximum Gasteiger partial charge on any atom is 0.336 e. The summed E-state index contributed by atoms with van der Waals surface area (Å²) in [6, 6.07) is 28.1. The lowest BCUT2D eigenvalue weighted by Crippen LogP contribution is -2.30. The van der Waals surface area contributed by atoms with Gasteiger partial charge in [-0.2, -0.15) is 0 Å². The third-order valence-corrected chi connectivity index (χ3v) is 19.6. The molecule has 0 amide bonds. The summed E-state index contributed by atoms with van der Waals surface area (Å²) >= 11 is 2.36. The van der Waals surface area contributed by atoms with Gasteiger partial charge in [-0.15, -0.1) is 0 Å². The molecule has 1 aliphatic heterocycles. The summed E-state index contributed by atoms with van der Waals surface area (Å²) in [5.74, 6) is 1.82. The van der Waals surface area contributed by atoms with Crippen LogP contribution in [-0.2, 0) is 33.5 Å². The first-order valence-electron chi connectivity index (χ1n) is 31.0. The second kappa shape index (κ2) is 34.9. The Hall–Kier alpha value is -7.34. The number of benzene rings is 4. The van der Waals surface area contributed by atoms with Crippen LogP contribution in [0.4, 0.5) is 0 Å². The minimum atomic E-state index is -0.469. The number of rotatable bonds is 24. The Balaban J connectivity index is 0.000000376. The minimum absolute atomic E-state index is 0.0577. The lowest BCUT2D eigenvalue weighted by Gasteiger charge is -2.37. The van der Waals surface area contributed by atoms with Crippen LogP contribution >= 0.6 is 23.5 Å². The lowest BCUT2D eigenvalue weighted by atomic mass is 9.69. The van der Waals surface area contributed by atoms with Gasteiger partial charge in [-0.05, 0) is 193 Å². The van der Waals surface area contributed by atoms with E-state index in [0.29, 0.717) is 87.6 Å². The Labute approximate surface area is 521 Å². The fraction of sp³-hybridized carbons (Fsp3) is 0.486. The van der Waals surface area contributed by atoms with Gasteiger partial charge in [-0.1, -0.05) is 108 Å². The highest BCUT2D eigenvalue weighted by Gasteiger charge is 2.37. The van der Waals surface area contributed by atoms with Gasteiger partial charge in [0.15, 0.2) is 0 Å². The molecule has 3 saturated carbocycles. The molecule has 462 valence electrons. The summed E-state index contributed by atoms with van der Waals surface area (Å²) in [7, 11) is 0. The Kier molecular flexibility index (Phi) is 26.9. The van der Waals surface area contributed by atoms with Crippen molar-refractivity contribution in [1.82, 2.24) is 0 Å². The first-order chi connectivity index (χ1) is 42.2. The van der Waals surface area contributed by atoms with Crippen LogP contribution in [-0.4, -0.2) is 49.0 Å². The Bertz CT molecular complexity index is 3070. The molecule has 8 rings (SSSR count). The number of carbonyl (C=O) groups is 6. The van der Waals surface area contributed by atoms with E-state index in [4.69, 9.17) is 39.7 Å². The van der Waals surface area contributed by atoms with E-state index in [-0.39, 0.29) is 59.0 Å². The Morgan fingerprint density at radius 2 is 1.02 bits per heavy atom. The van der Waals surface area contributed by atoms with Gasteiger partial charge in [0.05, 0.1) is 69.5 Å². The van der Waals surface area contributed by atoms with Gasteiger partial charge in [0.25, 0.3) is 5.70 Å². The summed E-state index contributed by atoms with van der Waals surface area (Å²) in [6.45, 7) is 18.4. The molecule has 0 aromatic heterocycles. The van der Waals surface area contributed by atoms with Crippen molar-refractivity contribution < 1.29 is 61.9 Å². The summed E-state index contributed by atoms with van der Waals surface area (Å²) in [6.07, 6.45) is 20.3. The average molecular weight is 1220 g/mol. The maximum absolute atomic E-state index is 13.6. The zero-order chi connectivity index (χ0) is 62.1. The van der Waals surface area contributed by atoms with Crippen LogP contribution in [0.3, 0.4) is 0 Å². The van der Waals surface area contributed by atoms with Crippen molar-refractivity contribution in [2.75, 3.05) is 13.2 Å². The normalized spacial score (nSPS) is 21.0. The fourth-order valence-electron chi connectivity index (χ4n) is 11.0. The predicted molar refractivity (Wildman–Crippen MR) is 334 cm³/mol. The summed E-state index contributed by atoms with van der Waals surface area (Å²) in [4.78, 5) is 80.0. The highest BCUT2D eigenvalue weighted by atomic mass is 32.2. The first kappa shape index (κ1) is 67.2. The third-order valence-electron chi connectivity index (χ3n) is 17.0. The molecule has 2 unspecified atom stereocenters. The second-order valence-corrected chi connectivity index (χ2v) is 25.3. The van der Waals surface area contributed by atoms with Crippen LogP contribution in [0.25, 0.3) is 10.9 Å².